The first kappa shape index (κ1) is 28.2. The van der Waals surface area contributed by atoms with Gasteiger partial charge in [-0.2, -0.15) is 0 Å². The normalized spacial score (nSPS) is 15.8. The summed E-state index contributed by atoms with van der Waals surface area (Å²) in [4.78, 5) is 44.1. The first-order valence-electron chi connectivity index (χ1n) is 13.8. The first-order valence-corrected chi connectivity index (χ1v) is 14.7. The summed E-state index contributed by atoms with van der Waals surface area (Å²) in [5, 5.41) is 9.42. The van der Waals surface area contributed by atoms with E-state index in [1.807, 2.05) is 19.9 Å². The molecule has 0 aliphatic carbocycles. The van der Waals surface area contributed by atoms with Crippen LogP contribution in [0.2, 0.25) is 0 Å². The number of hydrogen-bond donors (Lipinski definition) is 1. The number of thiazole rings is 1. The third-order valence-corrected chi connectivity index (χ3v) is 8.24. The van der Waals surface area contributed by atoms with Crippen molar-refractivity contribution in [1.82, 2.24) is 4.57 Å². The van der Waals surface area contributed by atoms with E-state index in [0.717, 1.165) is 12.0 Å². The smallest absolute Gasteiger partial charge is 0.338 e. The minimum atomic E-state index is -1.03. The molecule has 0 amide bonds. The molecule has 220 valence electrons. The molecule has 0 saturated heterocycles. The van der Waals surface area contributed by atoms with Crippen molar-refractivity contribution in [2.45, 2.75) is 39.7 Å². The van der Waals surface area contributed by atoms with Crippen LogP contribution in [0.25, 0.3) is 17.4 Å². The summed E-state index contributed by atoms with van der Waals surface area (Å²) in [7, 11) is 0. The van der Waals surface area contributed by atoms with Crippen molar-refractivity contribution in [3.8, 4) is 22.8 Å². The number of aryl methyl sites for hydroxylation is 1. The van der Waals surface area contributed by atoms with Gasteiger partial charge in [0.05, 0.1) is 34.0 Å². The molecule has 11 heteroatoms. The minimum Gasteiger partial charge on any atom is -0.478 e. The SMILES string of the molecule is CCCC1=C(C(=O)OCC)[C@H](c2ccc3c(c2)OCO3)n2c(s/c(=C\c3ccc(-c4cc(C(=O)O)ccc4C)o3)c2=O)=N1. The second-order valence-corrected chi connectivity index (χ2v) is 11.1. The summed E-state index contributed by atoms with van der Waals surface area (Å²) in [5.41, 5.74) is 2.86. The maximum absolute atomic E-state index is 14.0. The van der Waals surface area contributed by atoms with Crippen LogP contribution in [0.5, 0.6) is 11.5 Å². The Morgan fingerprint density at radius 3 is 2.70 bits per heavy atom. The van der Waals surface area contributed by atoms with E-state index in [1.54, 1.807) is 55.5 Å². The quantitative estimate of drug-likeness (QED) is 0.291. The predicted molar refractivity (Wildman–Crippen MR) is 158 cm³/mol. The summed E-state index contributed by atoms with van der Waals surface area (Å²) >= 11 is 1.20. The Balaban J connectivity index is 1.49. The molecule has 10 nitrogen and oxygen atoms in total. The zero-order valence-corrected chi connectivity index (χ0v) is 24.5. The zero-order chi connectivity index (χ0) is 30.2. The number of carbonyl (C=O) groups is 2. The number of fused-ring (bicyclic) bond motifs is 2. The van der Waals surface area contributed by atoms with Crippen LogP contribution in [0.3, 0.4) is 0 Å². The molecule has 1 N–H and O–H groups in total. The Morgan fingerprint density at radius 1 is 1.12 bits per heavy atom. The van der Waals surface area contributed by atoms with Crippen molar-refractivity contribution < 1.29 is 33.3 Å². The molecule has 2 aromatic carbocycles. The fraction of sp³-hybridized carbons (Fsp3) is 0.250. The summed E-state index contributed by atoms with van der Waals surface area (Å²) < 4.78 is 24.5. The van der Waals surface area contributed by atoms with E-state index in [-0.39, 0.29) is 24.5 Å². The Kier molecular flexibility index (Phi) is 7.49. The summed E-state index contributed by atoms with van der Waals surface area (Å²) in [6.45, 7) is 5.87. The number of aromatic nitrogens is 1. The number of carboxylic acid groups (broad SMARTS) is 1. The van der Waals surface area contributed by atoms with Crippen molar-refractivity contribution >= 4 is 29.4 Å². The molecule has 0 saturated carbocycles. The highest BCUT2D eigenvalue weighted by Crippen LogP contribution is 2.39. The number of rotatable bonds is 8. The molecule has 6 rings (SSSR count). The van der Waals surface area contributed by atoms with Crippen LogP contribution in [-0.4, -0.2) is 35.0 Å². The molecule has 0 fully saturated rings. The molecule has 43 heavy (non-hydrogen) atoms. The van der Waals surface area contributed by atoms with Crippen molar-refractivity contribution in [2.75, 3.05) is 13.4 Å². The fourth-order valence-electron chi connectivity index (χ4n) is 5.24. The number of benzene rings is 2. The van der Waals surface area contributed by atoms with Gasteiger partial charge < -0.3 is 23.7 Å². The lowest BCUT2D eigenvalue weighted by molar-refractivity contribution is -0.139. The van der Waals surface area contributed by atoms with Gasteiger partial charge in [0, 0.05) is 11.6 Å². The fourth-order valence-corrected chi connectivity index (χ4v) is 6.24. The summed E-state index contributed by atoms with van der Waals surface area (Å²) in [5.74, 6) is 0.453. The van der Waals surface area contributed by atoms with Gasteiger partial charge in [0.25, 0.3) is 5.56 Å². The standard InChI is InChI=1S/C32H28N2O8S/c1-4-6-22-27(31(38)39-5-2)28(18-9-11-24-25(14-18)41-16-40-24)34-29(35)26(43-32(34)33-22)15-20-10-12-23(42-20)21-13-19(30(36)37)8-7-17(21)3/h7-15,28H,4-6,16H2,1-3H3,(H,36,37)/b26-15-/t28-/m0/s1. The van der Waals surface area contributed by atoms with Gasteiger partial charge in [0.1, 0.15) is 11.5 Å². The van der Waals surface area contributed by atoms with Gasteiger partial charge in [-0.3, -0.25) is 9.36 Å². The molecule has 1 atom stereocenters. The monoisotopic (exact) mass is 600 g/mol. The van der Waals surface area contributed by atoms with Gasteiger partial charge in [-0.1, -0.05) is 36.8 Å². The summed E-state index contributed by atoms with van der Waals surface area (Å²) in [6.07, 6.45) is 2.90. The van der Waals surface area contributed by atoms with Crippen molar-refractivity contribution in [2.24, 2.45) is 4.99 Å². The lowest BCUT2D eigenvalue weighted by Gasteiger charge is -2.25. The third-order valence-electron chi connectivity index (χ3n) is 7.25. The largest absolute Gasteiger partial charge is 0.478 e. The van der Waals surface area contributed by atoms with E-state index in [9.17, 15) is 19.5 Å². The minimum absolute atomic E-state index is 0.0917. The van der Waals surface area contributed by atoms with Crippen molar-refractivity contribution in [1.29, 1.82) is 0 Å². The molecule has 0 unspecified atom stereocenters. The molecule has 4 aromatic rings. The predicted octanol–water partition coefficient (Wildman–Crippen LogP) is 4.57. The molecule has 0 bridgehead atoms. The zero-order valence-electron chi connectivity index (χ0n) is 23.7. The topological polar surface area (TPSA) is 130 Å². The molecule has 2 aliphatic heterocycles. The highest BCUT2D eigenvalue weighted by molar-refractivity contribution is 7.07. The van der Waals surface area contributed by atoms with E-state index in [2.05, 4.69) is 0 Å². The highest BCUT2D eigenvalue weighted by atomic mass is 32.1. The highest BCUT2D eigenvalue weighted by Gasteiger charge is 2.35. The molecule has 0 radical (unpaired) electrons. The molecule has 2 aliphatic rings. The first-order chi connectivity index (χ1) is 20.8. The van der Waals surface area contributed by atoms with Crippen molar-refractivity contribution in [3.05, 3.63) is 102 Å². The van der Waals surface area contributed by atoms with Gasteiger partial charge in [-0.15, -0.1) is 0 Å². The number of hydrogen-bond acceptors (Lipinski definition) is 9. The number of carbonyl (C=O) groups excluding carboxylic acids is 1. The molecule has 0 spiro atoms. The molecular weight excluding hydrogens is 572 g/mol. The van der Waals surface area contributed by atoms with Gasteiger partial charge in [-0.05, 0) is 67.8 Å². The molecule has 4 heterocycles. The van der Waals surface area contributed by atoms with E-state index < -0.39 is 18.0 Å². The van der Waals surface area contributed by atoms with Gasteiger partial charge in [0.15, 0.2) is 16.3 Å². The van der Waals surface area contributed by atoms with Crippen LogP contribution in [0.1, 0.15) is 60.0 Å². The molecular formula is C32H28N2O8S. The van der Waals surface area contributed by atoms with Crippen LogP contribution < -0.4 is 24.4 Å². The maximum Gasteiger partial charge on any atom is 0.338 e. The van der Waals surface area contributed by atoms with E-state index in [1.165, 1.54) is 15.9 Å². The number of esters is 1. The van der Waals surface area contributed by atoms with Crippen LogP contribution in [-0.2, 0) is 9.53 Å². The van der Waals surface area contributed by atoms with Gasteiger partial charge in [-0.25, -0.2) is 14.6 Å². The van der Waals surface area contributed by atoms with E-state index in [4.69, 9.17) is 23.6 Å². The second-order valence-electron chi connectivity index (χ2n) is 10.1. The van der Waals surface area contributed by atoms with Crippen LogP contribution in [0.4, 0.5) is 0 Å². The van der Waals surface area contributed by atoms with Crippen LogP contribution in [0.15, 0.2) is 74.0 Å². The van der Waals surface area contributed by atoms with Crippen LogP contribution >= 0.6 is 11.3 Å². The third kappa shape index (κ3) is 5.16. The summed E-state index contributed by atoms with van der Waals surface area (Å²) in [6, 6.07) is 12.9. The second kappa shape index (κ2) is 11.4. The number of furan rings is 1. The number of ether oxygens (including phenoxy) is 3. The number of nitrogens with zero attached hydrogens (tertiary/aromatic N) is 2. The average Bonchev–Trinajstić information content (AvgIpc) is 3.72. The van der Waals surface area contributed by atoms with Crippen molar-refractivity contribution in [3.63, 3.8) is 0 Å². The van der Waals surface area contributed by atoms with E-state index in [0.29, 0.717) is 61.2 Å². The number of aromatic carboxylic acids is 1. The van der Waals surface area contributed by atoms with Crippen LogP contribution in [0, 0.1) is 6.92 Å². The number of carboxylic acids is 1. The number of allylic oxidation sites excluding steroid dienone is 1. The Hall–Kier alpha value is -4.90. The lowest BCUT2D eigenvalue weighted by Crippen LogP contribution is -2.40. The lowest BCUT2D eigenvalue weighted by atomic mass is 9.94. The van der Waals surface area contributed by atoms with E-state index >= 15 is 0 Å². The Bertz CT molecular complexity index is 1980. The average molecular weight is 601 g/mol. The Labute approximate surface area is 249 Å². The molecule has 2 aromatic heterocycles. The Morgan fingerprint density at radius 2 is 1.93 bits per heavy atom. The van der Waals surface area contributed by atoms with Gasteiger partial charge >= 0.3 is 11.9 Å². The van der Waals surface area contributed by atoms with Gasteiger partial charge in [0.2, 0.25) is 6.79 Å². The maximum atomic E-state index is 14.0.